The number of methoxy groups -OCH3 is 1. The fourth-order valence-electron chi connectivity index (χ4n) is 4.60. The molecule has 1 saturated heterocycles. The summed E-state index contributed by atoms with van der Waals surface area (Å²) in [6.45, 7) is 9.77. The molecule has 2 aromatic carbocycles. The van der Waals surface area contributed by atoms with E-state index >= 15 is 0 Å². The summed E-state index contributed by atoms with van der Waals surface area (Å²) in [7, 11) is -2.02. The van der Waals surface area contributed by atoms with E-state index in [4.69, 9.17) is 21.7 Å². The van der Waals surface area contributed by atoms with Crippen molar-refractivity contribution in [3.8, 4) is 5.75 Å². The zero-order valence-corrected chi connectivity index (χ0v) is 25.1. The lowest BCUT2D eigenvalue weighted by Gasteiger charge is -2.31. The van der Waals surface area contributed by atoms with Crippen molar-refractivity contribution in [1.82, 2.24) is 19.4 Å². The molecule has 1 aliphatic heterocycles. The third-order valence-electron chi connectivity index (χ3n) is 6.70. The summed E-state index contributed by atoms with van der Waals surface area (Å²) in [5.41, 5.74) is 2.39. The number of anilines is 1. The summed E-state index contributed by atoms with van der Waals surface area (Å²) < 4.78 is 39.6. The van der Waals surface area contributed by atoms with Crippen LogP contribution in [-0.4, -0.2) is 79.4 Å². The molecule has 4 rings (SSSR count). The molecule has 40 heavy (non-hydrogen) atoms. The normalized spacial score (nSPS) is 14.3. The first-order chi connectivity index (χ1) is 19.2. The maximum Gasteiger partial charge on any atom is 0.228 e. The van der Waals surface area contributed by atoms with Gasteiger partial charge in [0, 0.05) is 38.4 Å². The number of thiocarbonyl (C=S) groups is 1. The van der Waals surface area contributed by atoms with Gasteiger partial charge in [0.1, 0.15) is 5.75 Å². The second-order valence-electron chi connectivity index (χ2n) is 10.3. The van der Waals surface area contributed by atoms with E-state index in [1.807, 2.05) is 59.2 Å². The lowest BCUT2D eigenvalue weighted by molar-refractivity contribution is 0.0357. The second kappa shape index (κ2) is 14.1. The number of hydrogen-bond acceptors (Lipinski definition) is 7. The van der Waals surface area contributed by atoms with E-state index in [-0.39, 0.29) is 16.8 Å². The molecule has 1 fully saturated rings. The molecule has 216 valence electrons. The molecule has 0 atom stereocenters. The number of benzene rings is 2. The van der Waals surface area contributed by atoms with E-state index in [0.717, 1.165) is 55.5 Å². The Labute approximate surface area is 243 Å². The number of ether oxygens (including phenoxy) is 2. The number of nitrogens with one attached hydrogen (secondary N) is 1. The first-order valence-corrected chi connectivity index (χ1v) is 15.6. The Kier molecular flexibility index (Phi) is 10.5. The van der Waals surface area contributed by atoms with Gasteiger partial charge in [-0.05, 0) is 48.0 Å². The van der Waals surface area contributed by atoms with Crippen LogP contribution in [0, 0.1) is 5.92 Å². The smallest absolute Gasteiger partial charge is 0.228 e. The highest BCUT2D eigenvalue weighted by molar-refractivity contribution is 7.90. The molecular formula is C29H39N5O4S2. The second-order valence-corrected chi connectivity index (χ2v) is 12.6. The predicted molar refractivity (Wildman–Crippen MR) is 161 cm³/mol. The molecule has 0 spiro atoms. The molecule has 0 bridgehead atoms. The Morgan fingerprint density at radius 3 is 2.48 bits per heavy atom. The Morgan fingerprint density at radius 1 is 1.12 bits per heavy atom. The van der Waals surface area contributed by atoms with Crippen LogP contribution in [0.4, 0.5) is 5.69 Å². The average Bonchev–Trinajstić information content (AvgIpc) is 3.34. The molecule has 0 amide bonds. The predicted octanol–water partition coefficient (Wildman–Crippen LogP) is 4.05. The highest BCUT2D eigenvalue weighted by Gasteiger charge is 2.26. The van der Waals surface area contributed by atoms with Gasteiger partial charge in [0.15, 0.2) is 5.11 Å². The first-order valence-electron chi connectivity index (χ1n) is 13.6. The van der Waals surface area contributed by atoms with Crippen LogP contribution in [-0.2, 0) is 33.4 Å². The van der Waals surface area contributed by atoms with E-state index < -0.39 is 9.84 Å². The number of nitrogens with zero attached hydrogens (tertiary/aromatic N) is 4. The van der Waals surface area contributed by atoms with Gasteiger partial charge in [-0.25, -0.2) is 13.4 Å². The SMILES string of the molecule is COc1ccc(NC(=S)N(CCN2CCOCC2)Cc2cnc(S(=O)(=O)Cc3ccccc3)n2CC(C)C)cc1. The van der Waals surface area contributed by atoms with Crippen LogP contribution in [0.3, 0.4) is 0 Å². The number of imidazole rings is 1. The van der Waals surface area contributed by atoms with Crippen LogP contribution < -0.4 is 10.1 Å². The molecule has 1 N–H and O–H groups in total. The van der Waals surface area contributed by atoms with Gasteiger partial charge >= 0.3 is 0 Å². The van der Waals surface area contributed by atoms with Gasteiger partial charge in [-0.15, -0.1) is 0 Å². The maximum absolute atomic E-state index is 13.5. The van der Waals surface area contributed by atoms with E-state index in [2.05, 4.69) is 33.9 Å². The lowest BCUT2D eigenvalue weighted by Crippen LogP contribution is -2.44. The van der Waals surface area contributed by atoms with Gasteiger partial charge in [-0.2, -0.15) is 0 Å². The number of morpholine rings is 1. The molecule has 0 saturated carbocycles. The van der Waals surface area contributed by atoms with Crippen LogP contribution in [0.15, 0.2) is 66.0 Å². The fourth-order valence-corrected chi connectivity index (χ4v) is 6.37. The highest BCUT2D eigenvalue weighted by atomic mass is 32.2. The van der Waals surface area contributed by atoms with Gasteiger partial charge in [-0.3, -0.25) is 4.90 Å². The molecule has 11 heteroatoms. The van der Waals surface area contributed by atoms with Crippen LogP contribution in [0.2, 0.25) is 0 Å². The molecule has 0 unspecified atom stereocenters. The lowest BCUT2D eigenvalue weighted by atomic mass is 10.2. The molecule has 1 aliphatic rings. The number of sulfone groups is 1. The summed E-state index contributed by atoms with van der Waals surface area (Å²) in [6, 6.07) is 16.8. The number of hydrogen-bond donors (Lipinski definition) is 1. The fraction of sp³-hybridized carbons (Fsp3) is 0.448. The topological polar surface area (TPSA) is 88.9 Å². The molecule has 9 nitrogen and oxygen atoms in total. The van der Waals surface area contributed by atoms with Crippen LogP contribution in [0.5, 0.6) is 5.75 Å². The molecule has 0 aliphatic carbocycles. The van der Waals surface area contributed by atoms with Crippen molar-refractivity contribution >= 4 is 32.9 Å². The maximum atomic E-state index is 13.5. The van der Waals surface area contributed by atoms with Crippen molar-refractivity contribution in [1.29, 1.82) is 0 Å². The van der Waals surface area contributed by atoms with Gasteiger partial charge in [0.25, 0.3) is 0 Å². The minimum absolute atomic E-state index is 0.0967. The first kappa shape index (κ1) is 30.0. The van der Waals surface area contributed by atoms with Crippen LogP contribution in [0.25, 0.3) is 0 Å². The van der Waals surface area contributed by atoms with Crippen molar-refractivity contribution in [3.05, 3.63) is 72.1 Å². The largest absolute Gasteiger partial charge is 0.497 e. The van der Waals surface area contributed by atoms with Crippen molar-refractivity contribution in [2.24, 2.45) is 5.92 Å². The van der Waals surface area contributed by atoms with Crippen molar-refractivity contribution in [3.63, 3.8) is 0 Å². The molecule has 0 radical (unpaired) electrons. The monoisotopic (exact) mass is 585 g/mol. The van der Waals surface area contributed by atoms with Gasteiger partial charge < -0.3 is 24.3 Å². The van der Waals surface area contributed by atoms with Crippen molar-refractivity contribution in [2.45, 2.75) is 37.8 Å². The Morgan fingerprint density at radius 2 is 1.82 bits per heavy atom. The zero-order valence-electron chi connectivity index (χ0n) is 23.5. The third-order valence-corrected chi connectivity index (χ3v) is 8.65. The van der Waals surface area contributed by atoms with E-state index in [1.54, 1.807) is 13.3 Å². The van der Waals surface area contributed by atoms with E-state index in [9.17, 15) is 8.42 Å². The highest BCUT2D eigenvalue weighted by Crippen LogP contribution is 2.21. The van der Waals surface area contributed by atoms with Gasteiger partial charge in [0.05, 0.1) is 44.5 Å². The van der Waals surface area contributed by atoms with E-state index in [1.165, 1.54) is 0 Å². The van der Waals surface area contributed by atoms with Crippen molar-refractivity contribution in [2.75, 3.05) is 51.8 Å². The minimum atomic E-state index is -3.66. The van der Waals surface area contributed by atoms with Crippen LogP contribution >= 0.6 is 12.2 Å². The van der Waals surface area contributed by atoms with Gasteiger partial charge in [0.2, 0.25) is 15.0 Å². The molecule has 2 heterocycles. The summed E-state index contributed by atoms with van der Waals surface area (Å²) >= 11 is 5.88. The van der Waals surface area contributed by atoms with Crippen LogP contribution in [0.1, 0.15) is 25.1 Å². The minimum Gasteiger partial charge on any atom is -0.497 e. The van der Waals surface area contributed by atoms with Gasteiger partial charge in [-0.1, -0.05) is 44.2 Å². The molecule has 3 aromatic rings. The van der Waals surface area contributed by atoms with E-state index in [0.29, 0.717) is 24.7 Å². The Balaban J connectivity index is 1.58. The number of aromatic nitrogens is 2. The average molecular weight is 586 g/mol. The molecule has 1 aromatic heterocycles. The number of rotatable bonds is 12. The summed E-state index contributed by atoms with van der Waals surface area (Å²) in [6.07, 6.45) is 1.68. The quantitative estimate of drug-likeness (QED) is 0.316. The third kappa shape index (κ3) is 8.26. The standard InChI is InChI=1S/C29H39N5O4S2/c1-23(2)20-34-26(19-30-29(34)40(35,36)22-24-7-5-4-6-8-24)21-33(14-13-32-15-17-38-18-16-32)28(39)31-25-9-11-27(37-3)12-10-25/h4-12,19,23H,13-18,20-22H2,1-3H3,(H,31,39). The summed E-state index contributed by atoms with van der Waals surface area (Å²) in [4.78, 5) is 8.88. The van der Waals surface area contributed by atoms with Crippen molar-refractivity contribution < 1.29 is 17.9 Å². The zero-order chi connectivity index (χ0) is 28.5. The summed E-state index contributed by atoms with van der Waals surface area (Å²) in [5, 5.41) is 4.00. The Bertz CT molecular complexity index is 1340. The summed E-state index contributed by atoms with van der Waals surface area (Å²) in [5.74, 6) is 0.896. The Hall–Kier alpha value is -2.99. The molecular weight excluding hydrogens is 546 g/mol.